The third kappa shape index (κ3) is 5.43. The van der Waals surface area contributed by atoms with Crippen LogP contribution in [0.5, 0.6) is 5.75 Å². The zero-order valence-corrected chi connectivity index (χ0v) is 31.7. The Labute approximate surface area is 309 Å². The van der Waals surface area contributed by atoms with Gasteiger partial charge in [-0.2, -0.15) is 9.78 Å². The molecule has 10 nitrogen and oxygen atoms in total. The number of hydrogen-bond acceptors (Lipinski definition) is 7. The summed E-state index contributed by atoms with van der Waals surface area (Å²) in [6.07, 6.45) is 1.69. The molecule has 53 heavy (non-hydrogen) atoms. The fourth-order valence-electron chi connectivity index (χ4n) is 9.35. The van der Waals surface area contributed by atoms with Crippen molar-refractivity contribution in [3.8, 4) is 11.4 Å². The number of aliphatic hydroxyl groups excluding tert-OH is 1. The van der Waals surface area contributed by atoms with Crippen LogP contribution in [-0.4, -0.2) is 72.6 Å². The van der Waals surface area contributed by atoms with Crippen molar-refractivity contribution in [1.29, 1.82) is 0 Å². The number of benzene rings is 4. The predicted molar refractivity (Wildman–Crippen MR) is 207 cm³/mol. The number of nitrogens with zero attached hydrogens (tertiary/aromatic N) is 4. The zero-order chi connectivity index (χ0) is 37.2. The van der Waals surface area contributed by atoms with E-state index in [1.54, 1.807) is 36.2 Å². The number of fused-ring (bicyclic) bond motifs is 4. The van der Waals surface area contributed by atoms with Crippen molar-refractivity contribution in [2.45, 2.75) is 62.7 Å². The van der Waals surface area contributed by atoms with Gasteiger partial charge in [0, 0.05) is 30.5 Å². The fraction of sp³-hybridized carbons (Fsp3) is 0.333. The Morgan fingerprint density at radius 3 is 2.45 bits per heavy atom. The monoisotopic (exact) mass is 728 g/mol. The summed E-state index contributed by atoms with van der Waals surface area (Å²) in [5.41, 5.74) is 2.26. The number of amides is 2. The summed E-state index contributed by atoms with van der Waals surface area (Å²) in [5.74, 6) is 0.101. The quantitative estimate of drug-likeness (QED) is 0.237. The highest BCUT2D eigenvalue weighted by atomic mass is 28.3. The summed E-state index contributed by atoms with van der Waals surface area (Å²) < 4.78 is 14.0. The molecule has 1 fully saturated rings. The highest BCUT2D eigenvalue weighted by Gasteiger charge is 2.66. The van der Waals surface area contributed by atoms with Crippen molar-refractivity contribution in [2.24, 2.45) is 5.92 Å². The van der Waals surface area contributed by atoms with E-state index in [2.05, 4.69) is 43.3 Å². The van der Waals surface area contributed by atoms with Gasteiger partial charge in [-0.3, -0.25) is 14.4 Å². The van der Waals surface area contributed by atoms with Gasteiger partial charge in [0.25, 0.3) is 11.5 Å². The van der Waals surface area contributed by atoms with Gasteiger partial charge in [0.2, 0.25) is 5.91 Å². The number of anilines is 1. The number of likely N-dealkylation sites (N-methyl/N-ethyl adjacent to an activating group) is 1. The zero-order valence-electron chi connectivity index (χ0n) is 30.7. The Balaban J connectivity index is 1.23. The van der Waals surface area contributed by atoms with Gasteiger partial charge in [0.05, 0.1) is 63.3 Å². The topological polar surface area (TPSA) is 114 Å². The number of methoxy groups -OCH3 is 1. The van der Waals surface area contributed by atoms with Gasteiger partial charge in [0.1, 0.15) is 5.75 Å². The minimum atomic E-state index is -2.53. The molecule has 272 valence electrons. The molecule has 2 amide bonds. The van der Waals surface area contributed by atoms with Crippen LogP contribution < -0.4 is 20.4 Å². The highest BCUT2D eigenvalue weighted by molar-refractivity contribution is 6.91. The summed E-state index contributed by atoms with van der Waals surface area (Å²) in [7, 11) is 0.866. The molecular formula is C42H44N4O6Si. The molecule has 8 rings (SSSR count). The third-order valence-corrected chi connectivity index (χ3v) is 16.5. The predicted octanol–water partition coefficient (Wildman–Crippen LogP) is 4.92. The van der Waals surface area contributed by atoms with E-state index in [-0.39, 0.29) is 47.9 Å². The van der Waals surface area contributed by atoms with Gasteiger partial charge in [0.15, 0.2) is 5.60 Å². The average molecular weight is 729 g/mol. The number of aliphatic hydroxyl groups is 1. The molecule has 1 saturated heterocycles. The minimum absolute atomic E-state index is 0.0553. The first-order valence-corrected chi connectivity index (χ1v) is 21.3. The van der Waals surface area contributed by atoms with Crippen molar-refractivity contribution in [2.75, 3.05) is 25.7 Å². The molecule has 0 aliphatic carbocycles. The molecule has 1 spiro atoms. The van der Waals surface area contributed by atoms with Crippen LogP contribution in [-0.2, 0) is 32.9 Å². The van der Waals surface area contributed by atoms with Crippen LogP contribution in [0.25, 0.3) is 16.5 Å². The van der Waals surface area contributed by atoms with E-state index in [1.165, 1.54) is 4.68 Å². The van der Waals surface area contributed by atoms with Gasteiger partial charge in [-0.15, -0.1) is 0 Å². The third-order valence-electron chi connectivity index (χ3n) is 12.2. The van der Waals surface area contributed by atoms with Crippen molar-refractivity contribution in [3.63, 3.8) is 0 Å². The number of hydrogen-bond donors (Lipinski definition) is 1. The number of rotatable bonds is 7. The normalized spacial score (nSPS) is 23.8. The number of carbonyl (C=O) groups excluding carboxylic acids is 2. The van der Waals surface area contributed by atoms with E-state index in [1.807, 2.05) is 66.7 Å². The number of carbonyl (C=O) groups is 2. The molecule has 4 aromatic carbocycles. The second-order valence-electron chi connectivity index (χ2n) is 15.2. The van der Waals surface area contributed by atoms with E-state index >= 15 is 0 Å². The van der Waals surface area contributed by atoms with Gasteiger partial charge >= 0.3 is 0 Å². The molecule has 11 heteroatoms. The molecule has 4 heterocycles. The standard InChI is InChI=1S/C42H44N4O6Si/c1-26-39(53(4,5)33-17-15-32(51-3)16-18-33)37(22-38(48)45-24-29-12-7-6-10-27(29)20-31(45)25-47)52-42(26)35-21-30(14-19-36(35)44(2)41(42)50)46-40(49)34-13-9-8-11-28(34)23-43-46/h6-19,21,23,26,31,37,39,47H,20,22,24-25H2,1-5H3/t26-,31-,37+,39-,42+/m0/s1. The first-order valence-electron chi connectivity index (χ1n) is 18.2. The maximum absolute atomic E-state index is 14.7. The molecule has 3 aliphatic heterocycles. The van der Waals surface area contributed by atoms with Crippen LogP contribution >= 0.6 is 0 Å². The molecule has 0 saturated carbocycles. The largest absolute Gasteiger partial charge is 0.497 e. The molecule has 0 unspecified atom stereocenters. The van der Waals surface area contributed by atoms with Gasteiger partial charge in [-0.25, -0.2) is 0 Å². The average Bonchev–Trinajstić information content (AvgIpc) is 3.59. The molecular weight excluding hydrogens is 685 g/mol. The van der Waals surface area contributed by atoms with Crippen LogP contribution in [0.2, 0.25) is 18.6 Å². The summed E-state index contributed by atoms with van der Waals surface area (Å²) in [4.78, 5) is 46.4. The molecule has 3 aliphatic rings. The van der Waals surface area contributed by atoms with Crippen LogP contribution in [0.4, 0.5) is 5.69 Å². The maximum atomic E-state index is 14.7. The summed E-state index contributed by atoms with van der Waals surface area (Å²) >= 11 is 0. The Kier molecular flexibility index (Phi) is 8.63. The van der Waals surface area contributed by atoms with Crippen molar-refractivity contribution in [1.82, 2.24) is 14.7 Å². The second-order valence-corrected chi connectivity index (χ2v) is 19.9. The van der Waals surface area contributed by atoms with E-state index in [4.69, 9.17) is 9.47 Å². The van der Waals surface area contributed by atoms with Crippen LogP contribution in [0.15, 0.2) is 102 Å². The van der Waals surface area contributed by atoms with Crippen molar-refractivity contribution >= 4 is 41.5 Å². The van der Waals surface area contributed by atoms with E-state index in [0.717, 1.165) is 27.4 Å². The lowest BCUT2D eigenvalue weighted by Gasteiger charge is -2.39. The first-order chi connectivity index (χ1) is 25.5. The van der Waals surface area contributed by atoms with Gasteiger partial charge < -0.3 is 24.4 Å². The summed E-state index contributed by atoms with van der Waals surface area (Å²) in [6.45, 7) is 6.89. The lowest BCUT2D eigenvalue weighted by molar-refractivity contribution is -0.150. The summed E-state index contributed by atoms with van der Waals surface area (Å²) in [5, 5.41) is 17.4. The minimum Gasteiger partial charge on any atom is -0.497 e. The van der Waals surface area contributed by atoms with E-state index in [0.29, 0.717) is 35.3 Å². The maximum Gasteiger partial charge on any atom is 0.279 e. The Morgan fingerprint density at radius 2 is 1.72 bits per heavy atom. The Hall–Kier alpha value is -5.10. The molecule has 0 radical (unpaired) electrons. The SMILES string of the molecule is COc1ccc([Si](C)(C)[C@@H]2[C@@H](CC(=O)N3Cc4ccccc4C[C@H]3CO)O[C@]3(C(=O)N(C)c4ccc(-n5ncc6ccccc6c5=O)cc43)[C@H]2C)cc1. The summed E-state index contributed by atoms with van der Waals surface area (Å²) in [6, 6.07) is 28.7. The first kappa shape index (κ1) is 35.0. The van der Waals surface area contributed by atoms with Crippen LogP contribution in [0, 0.1) is 5.92 Å². The number of aromatic nitrogens is 2. The van der Waals surface area contributed by atoms with E-state index < -0.39 is 19.8 Å². The molecule has 5 aromatic rings. The Bertz CT molecular complexity index is 2310. The Morgan fingerprint density at radius 1 is 1.00 bits per heavy atom. The lowest BCUT2D eigenvalue weighted by Crippen LogP contribution is -2.52. The molecule has 1 N–H and O–H groups in total. The van der Waals surface area contributed by atoms with Crippen LogP contribution in [0.1, 0.15) is 30.0 Å². The van der Waals surface area contributed by atoms with Crippen molar-refractivity contribution < 1.29 is 24.2 Å². The smallest absolute Gasteiger partial charge is 0.279 e. The molecule has 0 bridgehead atoms. The second kappa shape index (κ2) is 13.1. The highest BCUT2D eigenvalue weighted by Crippen LogP contribution is 2.60. The van der Waals surface area contributed by atoms with E-state index in [9.17, 15) is 19.5 Å². The molecule has 5 atom stereocenters. The van der Waals surface area contributed by atoms with Gasteiger partial charge in [-0.05, 0) is 59.5 Å². The fourth-order valence-corrected chi connectivity index (χ4v) is 13.4. The molecule has 1 aromatic heterocycles. The van der Waals surface area contributed by atoms with Gasteiger partial charge in [-0.1, -0.05) is 79.8 Å². The van der Waals surface area contributed by atoms with Crippen LogP contribution in [0.3, 0.4) is 0 Å². The number of ether oxygens (including phenoxy) is 2. The van der Waals surface area contributed by atoms with Crippen molar-refractivity contribution in [3.05, 3.63) is 124 Å². The lowest BCUT2D eigenvalue weighted by atomic mass is 9.82.